The van der Waals surface area contributed by atoms with Crippen molar-refractivity contribution in [3.8, 4) is 11.4 Å². The Kier molecular flexibility index (Phi) is 2.04. The lowest BCUT2D eigenvalue weighted by Crippen LogP contribution is -1.99. The number of nitrogens with zero attached hydrogens (tertiary/aromatic N) is 4. The smallest absolute Gasteiger partial charge is 0.137 e. The van der Waals surface area contributed by atoms with Crippen LogP contribution in [0, 0.1) is 6.92 Å². The van der Waals surface area contributed by atoms with Gasteiger partial charge in [-0.25, -0.2) is 15.0 Å². The van der Waals surface area contributed by atoms with E-state index in [0.717, 1.165) is 17.0 Å². The molecule has 0 radical (unpaired) electrons. The summed E-state index contributed by atoms with van der Waals surface area (Å²) in [6, 6.07) is 7.64. The molecule has 5 nitrogen and oxygen atoms in total. The molecule has 0 saturated carbocycles. The molecule has 0 aliphatic heterocycles. The lowest BCUT2D eigenvalue weighted by molar-refractivity contribution is 1.05. The zero-order valence-corrected chi connectivity index (χ0v) is 9.33. The fraction of sp³-hybridized carbons (Fsp3) is 0.0833. The monoisotopic (exact) mass is 225 g/mol. The Balaban J connectivity index is 2.30. The van der Waals surface area contributed by atoms with Gasteiger partial charge in [0.25, 0.3) is 0 Å². The molecule has 0 fully saturated rings. The molecule has 3 rings (SSSR count). The summed E-state index contributed by atoms with van der Waals surface area (Å²) in [6.45, 7) is 1.83. The summed E-state index contributed by atoms with van der Waals surface area (Å²) in [5.41, 5.74) is 8.39. The van der Waals surface area contributed by atoms with E-state index in [1.165, 1.54) is 0 Å². The van der Waals surface area contributed by atoms with Crippen LogP contribution in [-0.2, 0) is 0 Å². The van der Waals surface area contributed by atoms with Crippen molar-refractivity contribution in [2.75, 3.05) is 5.73 Å². The van der Waals surface area contributed by atoms with Crippen LogP contribution >= 0.6 is 0 Å². The molecule has 3 heterocycles. The van der Waals surface area contributed by atoms with Gasteiger partial charge in [-0.2, -0.15) is 0 Å². The first-order valence-corrected chi connectivity index (χ1v) is 5.28. The standard InChI is InChI=1S/C12H11N5/c1-8-15-9(7-11(13)16-8)10-3-2-4-12-14-5-6-17(10)12/h2-7H,1H3,(H2,13,15,16). The molecular formula is C12H11N5. The third-order valence-corrected chi connectivity index (χ3v) is 2.55. The van der Waals surface area contributed by atoms with Gasteiger partial charge in [0.2, 0.25) is 0 Å². The third-order valence-electron chi connectivity index (χ3n) is 2.55. The summed E-state index contributed by atoms with van der Waals surface area (Å²) in [5, 5.41) is 0. The molecule has 0 aliphatic carbocycles. The lowest BCUT2D eigenvalue weighted by Gasteiger charge is -2.06. The summed E-state index contributed by atoms with van der Waals surface area (Å²) in [5.74, 6) is 1.14. The Bertz CT molecular complexity index is 666. The molecule has 3 aromatic rings. The summed E-state index contributed by atoms with van der Waals surface area (Å²) in [6.07, 6.45) is 3.66. The van der Waals surface area contributed by atoms with Crippen molar-refractivity contribution in [1.29, 1.82) is 0 Å². The van der Waals surface area contributed by atoms with E-state index in [0.29, 0.717) is 11.6 Å². The second kappa shape index (κ2) is 3.55. The van der Waals surface area contributed by atoms with Crippen LogP contribution in [-0.4, -0.2) is 19.4 Å². The second-order valence-corrected chi connectivity index (χ2v) is 3.79. The van der Waals surface area contributed by atoms with E-state index in [-0.39, 0.29) is 0 Å². The summed E-state index contributed by atoms with van der Waals surface area (Å²) >= 11 is 0. The highest BCUT2D eigenvalue weighted by Crippen LogP contribution is 2.19. The van der Waals surface area contributed by atoms with Gasteiger partial charge in [-0.05, 0) is 19.1 Å². The van der Waals surface area contributed by atoms with Crippen LogP contribution in [0.4, 0.5) is 5.82 Å². The van der Waals surface area contributed by atoms with Crippen LogP contribution in [0.25, 0.3) is 17.0 Å². The molecule has 0 saturated heterocycles. The van der Waals surface area contributed by atoms with Gasteiger partial charge in [0.15, 0.2) is 0 Å². The van der Waals surface area contributed by atoms with Crippen LogP contribution in [0.15, 0.2) is 36.7 Å². The number of pyridine rings is 1. The van der Waals surface area contributed by atoms with Gasteiger partial charge in [-0.1, -0.05) is 6.07 Å². The van der Waals surface area contributed by atoms with Crippen molar-refractivity contribution in [3.05, 3.63) is 42.5 Å². The normalized spacial score (nSPS) is 10.9. The highest BCUT2D eigenvalue weighted by Gasteiger charge is 2.06. The number of hydrogen-bond donors (Lipinski definition) is 1. The lowest BCUT2D eigenvalue weighted by atomic mass is 10.2. The Morgan fingerprint density at radius 1 is 1.24 bits per heavy atom. The number of rotatable bonds is 1. The largest absolute Gasteiger partial charge is 0.384 e. The number of nitrogen functional groups attached to an aromatic ring is 1. The van der Waals surface area contributed by atoms with Crippen LogP contribution in [0.5, 0.6) is 0 Å². The molecule has 0 aromatic carbocycles. The maximum Gasteiger partial charge on any atom is 0.137 e. The summed E-state index contributed by atoms with van der Waals surface area (Å²) in [7, 11) is 0. The first-order valence-electron chi connectivity index (χ1n) is 5.28. The van der Waals surface area contributed by atoms with E-state index in [1.54, 1.807) is 12.3 Å². The van der Waals surface area contributed by atoms with Crippen LogP contribution in [0.3, 0.4) is 0 Å². The van der Waals surface area contributed by atoms with Crippen molar-refractivity contribution >= 4 is 11.5 Å². The molecule has 5 heteroatoms. The zero-order chi connectivity index (χ0) is 11.8. The fourth-order valence-corrected chi connectivity index (χ4v) is 1.88. The molecule has 84 valence electrons. The van der Waals surface area contributed by atoms with Gasteiger partial charge in [0, 0.05) is 18.5 Å². The average Bonchev–Trinajstić information content (AvgIpc) is 2.75. The van der Waals surface area contributed by atoms with Crippen molar-refractivity contribution < 1.29 is 0 Å². The van der Waals surface area contributed by atoms with Crippen molar-refractivity contribution in [2.45, 2.75) is 6.92 Å². The van der Waals surface area contributed by atoms with E-state index in [2.05, 4.69) is 15.0 Å². The number of imidazole rings is 1. The molecule has 17 heavy (non-hydrogen) atoms. The topological polar surface area (TPSA) is 69.1 Å². The number of anilines is 1. The molecular weight excluding hydrogens is 214 g/mol. The van der Waals surface area contributed by atoms with Gasteiger partial charge in [0.05, 0.1) is 11.4 Å². The van der Waals surface area contributed by atoms with Gasteiger partial charge < -0.3 is 5.73 Å². The van der Waals surface area contributed by atoms with Gasteiger partial charge >= 0.3 is 0 Å². The molecule has 0 bridgehead atoms. The van der Waals surface area contributed by atoms with Gasteiger partial charge in [0.1, 0.15) is 17.3 Å². The van der Waals surface area contributed by atoms with Crippen LogP contribution < -0.4 is 5.73 Å². The predicted octanol–water partition coefficient (Wildman–Crippen LogP) is 1.68. The molecule has 0 unspecified atom stereocenters. The van der Waals surface area contributed by atoms with E-state index in [9.17, 15) is 0 Å². The summed E-state index contributed by atoms with van der Waals surface area (Å²) < 4.78 is 1.97. The Morgan fingerprint density at radius 3 is 2.94 bits per heavy atom. The van der Waals surface area contributed by atoms with E-state index >= 15 is 0 Å². The van der Waals surface area contributed by atoms with Crippen molar-refractivity contribution in [1.82, 2.24) is 19.4 Å². The Hall–Kier alpha value is -2.43. The predicted molar refractivity (Wildman–Crippen MR) is 65.4 cm³/mol. The average molecular weight is 225 g/mol. The van der Waals surface area contributed by atoms with Crippen LogP contribution in [0.1, 0.15) is 5.82 Å². The maximum atomic E-state index is 5.74. The highest BCUT2D eigenvalue weighted by atomic mass is 15.0. The SMILES string of the molecule is Cc1nc(N)cc(-c2cccc3nccn23)n1. The van der Waals surface area contributed by atoms with Gasteiger partial charge in [-0.15, -0.1) is 0 Å². The fourth-order valence-electron chi connectivity index (χ4n) is 1.88. The van der Waals surface area contributed by atoms with Gasteiger partial charge in [-0.3, -0.25) is 4.40 Å². The Morgan fingerprint density at radius 2 is 2.12 bits per heavy atom. The quantitative estimate of drug-likeness (QED) is 0.684. The van der Waals surface area contributed by atoms with Crippen molar-refractivity contribution in [2.24, 2.45) is 0 Å². The molecule has 0 spiro atoms. The zero-order valence-electron chi connectivity index (χ0n) is 9.33. The first-order chi connectivity index (χ1) is 8.24. The molecule has 0 amide bonds. The van der Waals surface area contributed by atoms with E-state index < -0.39 is 0 Å². The number of aryl methyl sites for hydroxylation is 1. The highest BCUT2D eigenvalue weighted by molar-refractivity contribution is 5.62. The second-order valence-electron chi connectivity index (χ2n) is 3.79. The van der Waals surface area contributed by atoms with E-state index in [4.69, 9.17) is 5.73 Å². The van der Waals surface area contributed by atoms with Crippen molar-refractivity contribution in [3.63, 3.8) is 0 Å². The third kappa shape index (κ3) is 1.61. The summed E-state index contributed by atoms with van der Waals surface area (Å²) in [4.78, 5) is 12.7. The number of nitrogens with two attached hydrogens (primary N) is 1. The number of fused-ring (bicyclic) bond motifs is 1. The minimum absolute atomic E-state index is 0.476. The minimum atomic E-state index is 0.476. The first kappa shape index (κ1) is 9.77. The minimum Gasteiger partial charge on any atom is -0.384 e. The number of aromatic nitrogens is 4. The van der Waals surface area contributed by atoms with Crippen LogP contribution in [0.2, 0.25) is 0 Å². The van der Waals surface area contributed by atoms with E-state index in [1.807, 2.05) is 35.7 Å². The molecule has 0 atom stereocenters. The maximum absolute atomic E-state index is 5.74. The molecule has 3 aromatic heterocycles. The molecule has 2 N–H and O–H groups in total. The molecule has 0 aliphatic rings. The number of hydrogen-bond acceptors (Lipinski definition) is 4. The Labute approximate surface area is 98.0 Å².